The SMILES string of the molecule is CC(C)(C)OC(=O)CNCC(=O)OCc1ccccc1. The van der Waals surface area contributed by atoms with Gasteiger partial charge in [0.25, 0.3) is 0 Å². The molecule has 0 amide bonds. The third-order valence-electron chi connectivity index (χ3n) is 2.20. The van der Waals surface area contributed by atoms with E-state index in [2.05, 4.69) is 5.32 Å². The summed E-state index contributed by atoms with van der Waals surface area (Å²) < 4.78 is 10.2. The number of nitrogens with one attached hydrogen (secondary N) is 1. The molecule has 0 fully saturated rings. The monoisotopic (exact) mass is 279 g/mol. The molecule has 20 heavy (non-hydrogen) atoms. The van der Waals surface area contributed by atoms with Gasteiger partial charge in [0, 0.05) is 0 Å². The molecule has 110 valence electrons. The topological polar surface area (TPSA) is 64.6 Å². The molecule has 1 aromatic rings. The smallest absolute Gasteiger partial charge is 0.320 e. The molecule has 1 aromatic carbocycles. The average Bonchev–Trinajstić information content (AvgIpc) is 2.35. The van der Waals surface area contributed by atoms with E-state index in [1.165, 1.54) is 0 Å². The first-order valence-corrected chi connectivity index (χ1v) is 6.49. The molecule has 0 radical (unpaired) electrons. The van der Waals surface area contributed by atoms with Crippen molar-refractivity contribution >= 4 is 11.9 Å². The van der Waals surface area contributed by atoms with E-state index in [9.17, 15) is 9.59 Å². The van der Waals surface area contributed by atoms with Gasteiger partial charge in [-0.1, -0.05) is 30.3 Å². The Morgan fingerprint density at radius 1 is 1.05 bits per heavy atom. The molecule has 5 heteroatoms. The molecule has 0 bridgehead atoms. The Hall–Kier alpha value is -1.88. The largest absolute Gasteiger partial charge is 0.460 e. The quantitative estimate of drug-likeness (QED) is 0.802. The van der Waals surface area contributed by atoms with Gasteiger partial charge in [-0.3, -0.25) is 14.9 Å². The van der Waals surface area contributed by atoms with Gasteiger partial charge in [-0.25, -0.2) is 0 Å². The minimum absolute atomic E-state index is 0.0162. The van der Waals surface area contributed by atoms with Crippen LogP contribution in [0.3, 0.4) is 0 Å². The zero-order valence-electron chi connectivity index (χ0n) is 12.1. The second-order valence-electron chi connectivity index (χ2n) is 5.34. The lowest BCUT2D eigenvalue weighted by molar-refractivity contribution is -0.153. The highest BCUT2D eigenvalue weighted by Crippen LogP contribution is 2.06. The number of rotatable bonds is 6. The number of benzene rings is 1. The van der Waals surface area contributed by atoms with E-state index in [-0.39, 0.29) is 19.7 Å². The van der Waals surface area contributed by atoms with Gasteiger partial charge in [-0.2, -0.15) is 0 Å². The number of hydrogen-bond acceptors (Lipinski definition) is 5. The van der Waals surface area contributed by atoms with E-state index in [1.54, 1.807) is 20.8 Å². The van der Waals surface area contributed by atoms with Crippen LogP contribution in [0.4, 0.5) is 0 Å². The van der Waals surface area contributed by atoms with Crippen molar-refractivity contribution in [3.63, 3.8) is 0 Å². The van der Waals surface area contributed by atoms with Crippen LogP contribution in [0, 0.1) is 0 Å². The molecular weight excluding hydrogens is 258 g/mol. The summed E-state index contributed by atoms with van der Waals surface area (Å²) in [6, 6.07) is 9.41. The summed E-state index contributed by atoms with van der Waals surface area (Å²) in [4.78, 5) is 22.8. The summed E-state index contributed by atoms with van der Waals surface area (Å²) in [6.45, 7) is 5.56. The summed E-state index contributed by atoms with van der Waals surface area (Å²) in [6.07, 6.45) is 0. The van der Waals surface area contributed by atoms with Gasteiger partial charge in [0.15, 0.2) is 0 Å². The van der Waals surface area contributed by atoms with E-state index < -0.39 is 17.5 Å². The van der Waals surface area contributed by atoms with E-state index in [4.69, 9.17) is 9.47 Å². The van der Waals surface area contributed by atoms with Crippen LogP contribution in [0.25, 0.3) is 0 Å². The Morgan fingerprint density at radius 3 is 2.25 bits per heavy atom. The summed E-state index contributed by atoms with van der Waals surface area (Å²) in [5, 5.41) is 2.69. The predicted octanol–water partition coefficient (Wildman–Crippen LogP) is 1.66. The Bertz CT molecular complexity index is 437. The van der Waals surface area contributed by atoms with Crippen molar-refractivity contribution in [1.29, 1.82) is 0 Å². The molecule has 0 aliphatic rings. The molecule has 0 spiro atoms. The van der Waals surface area contributed by atoms with E-state index >= 15 is 0 Å². The zero-order chi connectivity index (χ0) is 15.0. The standard InChI is InChI=1S/C15H21NO4/c1-15(2,3)20-14(18)10-16-9-13(17)19-11-12-7-5-4-6-8-12/h4-8,16H,9-11H2,1-3H3. The fraction of sp³-hybridized carbons (Fsp3) is 0.467. The van der Waals surface area contributed by atoms with Crippen molar-refractivity contribution in [2.45, 2.75) is 33.0 Å². The van der Waals surface area contributed by atoms with Crippen molar-refractivity contribution in [2.75, 3.05) is 13.1 Å². The summed E-state index contributed by atoms with van der Waals surface area (Å²) in [7, 11) is 0. The first kappa shape index (κ1) is 16.2. The van der Waals surface area contributed by atoms with Crippen molar-refractivity contribution in [1.82, 2.24) is 5.32 Å². The Kier molecular flexibility index (Phi) is 6.18. The highest BCUT2D eigenvalue weighted by Gasteiger charge is 2.16. The van der Waals surface area contributed by atoms with Crippen LogP contribution < -0.4 is 5.32 Å². The Labute approximate surface area is 119 Å². The van der Waals surface area contributed by atoms with Gasteiger partial charge in [-0.05, 0) is 26.3 Å². The highest BCUT2D eigenvalue weighted by atomic mass is 16.6. The lowest BCUT2D eigenvalue weighted by Crippen LogP contribution is -2.34. The first-order valence-electron chi connectivity index (χ1n) is 6.49. The van der Waals surface area contributed by atoms with Crippen LogP contribution in [0.5, 0.6) is 0 Å². The Balaban J connectivity index is 2.16. The maximum absolute atomic E-state index is 11.4. The molecule has 1 rings (SSSR count). The van der Waals surface area contributed by atoms with Gasteiger partial charge in [0.1, 0.15) is 12.2 Å². The van der Waals surface area contributed by atoms with Crippen LogP contribution in [-0.4, -0.2) is 30.6 Å². The summed E-state index contributed by atoms with van der Waals surface area (Å²) in [5.74, 6) is -0.800. The van der Waals surface area contributed by atoms with Crippen LogP contribution in [0.2, 0.25) is 0 Å². The van der Waals surface area contributed by atoms with E-state index in [0.717, 1.165) is 5.56 Å². The lowest BCUT2D eigenvalue weighted by atomic mass is 10.2. The maximum Gasteiger partial charge on any atom is 0.320 e. The van der Waals surface area contributed by atoms with Gasteiger partial charge < -0.3 is 9.47 Å². The molecule has 0 atom stereocenters. The maximum atomic E-state index is 11.4. The molecule has 0 heterocycles. The van der Waals surface area contributed by atoms with Gasteiger partial charge >= 0.3 is 11.9 Å². The van der Waals surface area contributed by atoms with Crippen LogP contribution in [-0.2, 0) is 25.7 Å². The predicted molar refractivity (Wildman–Crippen MR) is 75.0 cm³/mol. The minimum atomic E-state index is -0.521. The van der Waals surface area contributed by atoms with Gasteiger partial charge in [0.2, 0.25) is 0 Å². The third kappa shape index (κ3) is 7.53. The number of esters is 2. The van der Waals surface area contributed by atoms with Gasteiger partial charge in [0.05, 0.1) is 13.1 Å². The summed E-state index contributed by atoms with van der Waals surface area (Å²) >= 11 is 0. The summed E-state index contributed by atoms with van der Waals surface area (Å²) in [5.41, 5.74) is 0.403. The first-order chi connectivity index (χ1) is 9.37. The fourth-order valence-corrected chi connectivity index (χ4v) is 1.43. The fourth-order valence-electron chi connectivity index (χ4n) is 1.43. The van der Waals surface area contributed by atoms with Crippen molar-refractivity contribution in [3.05, 3.63) is 35.9 Å². The molecule has 0 saturated heterocycles. The number of carbonyl (C=O) groups is 2. The second-order valence-corrected chi connectivity index (χ2v) is 5.34. The van der Waals surface area contributed by atoms with Crippen LogP contribution >= 0.6 is 0 Å². The third-order valence-corrected chi connectivity index (χ3v) is 2.20. The highest BCUT2D eigenvalue weighted by molar-refractivity contribution is 5.75. The number of carbonyl (C=O) groups excluding carboxylic acids is 2. The molecule has 0 aliphatic carbocycles. The zero-order valence-corrected chi connectivity index (χ0v) is 12.1. The van der Waals surface area contributed by atoms with Crippen LogP contribution in [0.1, 0.15) is 26.3 Å². The molecule has 0 aliphatic heterocycles. The molecule has 1 N–H and O–H groups in total. The molecule has 0 aromatic heterocycles. The molecule has 5 nitrogen and oxygen atoms in total. The van der Waals surface area contributed by atoms with Crippen molar-refractivity contribution in [2.24, 2.45) is 0 Å². The minimum Gasteiger partial charge on any atom is -0.460 e. The Morgan fingerprint density at radius 2 is 1.65 bits per heavy atom. The van der Waals surface area contributed by atoms with Gasteiger partial charge in [-0.15, -0.1) is 0 Å². The molecule has 0 saturated carbocycles. The second kappa shape index (κ2) is 7.65. The van der Waals surface area contributed by atoms with Crippen molar-refractivity contribution in [3.8, 4) is 0 Å². The number of ether oxygens (including phenoxy) is 2. The van der Waals surface area contributed by atoms with Crippen LogP contribution in [0.15, 0.2) is 30.3 Å². The molecular formula is C15H21NO4. The lowest BCUT2D eigenvalue weighted by Gasteiger charge is -2.19. The normalized spacial score (nSPS) is 10.9. The number of hydrogen-bond donors (Lipinski definition) is 1. The van der Waals surface area contributed by atoms with Crippen molar-refractivity contribution < 1.29 is 19.1 Å². The van der Waals surface area contributed by atoms with E-state index in [1.807, 2.05) is 30.3 Å². The average molecular weight is 279 g/mol. The van der Waals surface area contributed by atoms with E-state index in [0.29, 0.717) is 0 Å². The molecule has 0 unspecified atom stereocenters.